The number of nitrogens with one attached hydrogen (secondary N) is 3. The van der Waals surface area contributed by atoms with Gasteiger partial charge in [0.2, 0.25) is 0 Å². The minimum Gasteiger partial charge on any atom is -0.349 e. The maximum atomic E-state index is 13.2. The molecule has 2 fully saturated rings. The van der Waals surface area contributed by atoms with E-state index in [1.807, 2.05) is 6.92 Å². The number of fused-ring (bicyclic) bond motifs is 1. The summed E-state index contributed by atoms with van der Waals surface area (Å²) in [6.07, 6.45) is 3.62. The highest BCUT2D eigenvalue weighted by Gasteiger charge is 2.30. The average Bonchev–Trinajstić information content (AvgIpc) is 3.51. The zero-order chi connectivity index (χ0) is 19.8. The number of pyridine rings is 1. The minimum absolute atomic E-state index is 0. The van der Waals surface area contributed by atoms with E-state index in [0.717, 1.165) is 44.5 Å². The van der Waals surface area contributed by atoms with Gasteiger partial charge < -0.3 is 10.6 Å². The van der Waals surface area contributed by atoms with Crippen LogP contribution in [0.4, 0.5) is 0 Å². The van der Waals surface area contributed by atoms with Crippen LogP contribution in [0.15, 0.2) is 15.7 Å². The van der Waals surface area contributed by atoms with Gasteiger partial charge in [-0.15, -0.1) is 12.4 Å². The largest absolute Gasteiger partial charge is 0.349 e. The minimum atomic E-state index is -0.550. The molecule has 4 rings (SSSR count). The number of hydrogen-bond acceptors (Lipinski definition) is 5. The number of H-pyrrole nitrogens is 1. The topological polar surface area (TPSA) is 109 Å². The summed E-state index contributed by atoms with van der Waals surface area (Å²) < 4.78 is 1.48. The van der Waals surface area contributed by atoms with Crippen LogP contribution in [0.1, 0.15) is 61.5 Å². The Labute approximate surface area is 174 Å². The van der Waals surface area contributed by atoms with Gasteiger partial charge in [0.05, 0.1) is 10.9 Å². The van der Waals surface area contributed by atoms with Gasteiger partial charge in [-0.05, 0) is 50.8 Å². The molecule has 0 radical (unpaired) electrons. The number of piperidine rings is 1. The lowest BCUT2D eigenvalue weighted by Crippen LogP contribution is -2.48. The van der Waals surface area contributed by atoms with Crippen LogP contribution in [0.3, 0.4) is 0 Å². The first-order chi connectivity index (χ1) is 13.5. The molecule has 1 saturated carbocycles. The predicted octanol–water partition coefficient (Wildman–Crippen LogP) is 1.52. The van der Waals surface area contributed by atoms with Crippen LogP contribution in [0, 0.1) is 5.92 Å². The van der Waals surface area contributed by atoms with Gasteiger partial charge in [0.1, 0.15) is 0 Å². The van der Waals surface area contributed by atoms with Crippen LogP contribution < -0.4 is 21.9 Å². The van der Waals surface area contributed by atoms with E-state index in [-0.39, 0.29) is 29.7 Å². The van der Waals surface area contributed by atoms with E-state index in [4.69, 9.17) is 0 Å². The molecular weight excluding hydrogens is 394 g/mol. The van der Waals surface area contributed by atoms with E-state index >= 15 is 0 Å². The quantitative estimate of drug-likeness (QED) is 0.678. The summed E-state index contributed by atoms with van der Waals surface area (Å²) >= 11 is 0. The van der Waals surface area contributed by atoms with Gasteiger partial charge in [-0.2, -0.15) is 0 Å². The number of carbonyl (C=O) groups excluding carboxylic acids is 1. The Morgan fingerprint density at radius 2 is 2.07 bits per heavy atom. The van der Waals surface area contributed by atoms with Crippen LogP contribution in [0.2, 0.25) is 0 Å². The highest BCUT2D eigenvalue weighted by molar-refractivity contribution is 6.05. The molecule has 0 bridgehead atoms. The van der Waals surface area contributed by atoms with Crippen molar-refractivity contribution in [1.29, 1.82) is 0 Å². The number of hydrogen-bond donors (Lipinski definition) is 3. The summed E-state index contributed by atoms with van der Waals surface area (Å²) in [5.41, 5.74) is 0.418. The van der Waals surface area contributed by atoms with E-state index in [1.54, 1.807) is 6.07 Å². The molecule has 1 saturated heterocycles. The first-order valence-electron chi connectivity index (χ1n) is 10.2. The van der Waals surface area contributed by atoms with Crippen molar-refractivity contribution >= 4 is 29.3 Å². The van der Waals surface area contributed by atoms with Crippen molar-refractivity contribution in [2.45, 2.75) is 58.0 Å². The molecule has 9 heteroatoms. The zero-order valence-corrected chi connectivity index (χ0v) is 17.6. The van der Waals surface area contributed by atoms with E-state index in [1.165, 1.54) is 4.57 Å². The first kappa shape index (κ1) is 21.5. The molecule has 0 spiro atoms. The number of nitrogens with zero attached hydrogens (tertiary/aromatic N) is 2. The summed E-state index contributed by atoms with van der Waals surface area (Å²) in [5.74, 6) is 0.351. The summed E-state index contributed by atoms with van der Waals surface area (Å²) in [5, 5.41) is 6.64. The smallest absolute Gasteiger partial charge is 0.329 e. The van der Waals surface area contributed by atoms with Crippen molar-refractivity contribution in [3.8, 4) is 0 Å². The van der Waals surface area contributed by atoms with Gasteiger partial charge in [0.15, 0.2) is 5.65 Å². The number of aromatic nitrogens is 3. The van der Waals surface area contributed by atoms with Crippen LogP contribution in [-0.2, 0) is 6.54 Å². The van der Waals surface area contributed by atoms with Gasteiger partial charge in [-0.1, -0.05) is 13.8 Å². The Hall–Kier alpha value is -2.19. The van der Waals surface area contributed by atoms with Crippen LogP contribution >= 0.6 is 12.4 Å². The fourth-order valence-corrected chi connectivity index (χ4v) is 3.97. The molecule has 2 atom stereocenters. The summed E-state index contributed by atoms with van der Waals surface area (Å²) in [6.45, 7) is 6.21. The molecule has 8 nitrogen and oxygen atoms in total. The molecule has 2 aromatic rings. The highest BCUT2D eigenvalue weighted by Crippen LogP contribution is 2.39. The Balaban J connectivity index is 0.00000240. The van der Waals surface area contributed by atoms with Crippen molar-refractivity contribution in [2.75, 3.05) is 13.1 Å². The molecule has 2 unspecified atom stereocenters. The monoisotopic (exact) mass is 421 g/mol. The molecule has 2 aromatic heterocycles. The lowest BCUT2D eigenvalue weighted by Gasteiger charge is -2.30. The van der Waals surface area contributed by atoms with Gasteiger partial charge in [0, 0.05) is 24.2 Å². The summed E-state index contributed by atoms with van der Waals surface area (Å²) in [6, 6.07) is 1.80. The predicted molar refractivity (Wildman–Crippen MR) is 114 cm³/mol. The van der Waals surface area contributed by atoms with Crippen LogP contribution in [0.25, 0.3) is 11.0 Å². The second kappa shape index (κ2) is 8.67. The molecule has 158 valence electrons. The SMILES string of the molecule is CCCn1c(=O)[nH]c(=O)c2c(C(=O)NC3CCNCC3C)cc(C3CC3)nc21.Cl. The van der Waals surface area contributed by atoms with Gasteiger partial charge >= 0.3 is 5.69 Å². The number of amides is 1. The lowest BCUT2D eigenvalue weighted by atomic mass is 9.95. The molecular formula is C20H28ClN5O3. The molecule has 1 aliphatic carbocycles. The Bertz CT molecular complexity index is 1030. The second-order valence-corrected chi connectivity index (χ2v) is 8.03. The fourth-order valence-electron chi connectivity index (χ4n) is 3.97. The standard InChI is InChI=1S/C20H27N5O3.ClH/c1-3-8-25-17-16(19(27)24-20(25)28)13(9-15(22-17)12-4-5-12)18(26)23-14-6-7-21-10-11(14)2;/h9,11-12,14,21H,3-8,10H2,1-2H3,(H,23,26)(H,24,27,28);1H. The molecule has 1 aliphatic heterocycles. The Morgan fingerprint density at radius 3 is 2.72 bits per heavy atom. The third-order valence-electron chi connectivity index (χ3n) is 5.76. The second-order valence-electron chi connectivity index (χ2n) is 8.03. The van der Waals surface area contributed by atoms with E-state index in [0.29, 0.717) is 29.6 Å². The third kappa shape index (κ3) is 4.23. The number of aromatic amines is 1. The van der Waals surface area contributed by atoms with Crippen molar-refractivity contribution in [3.05, 3.63) is 38.2 Å². The molecule has 3 N–H and O–H groups in total. The van der Waals surface area contributed by atoms with Crippen molar-refractivity contribution in [2.24, 2.45) is 5.92 Å². The number of rotatable bonds is 5. The molecule has 3 heterocycles. The van der Waals surface area contributed by atoms with Crippen molar-refractivity contribution < 1.29 is 4.79 Å². The van der Waals surface area contributed by atoms with E-state index in [2.05, 4.69) is 27.5 Å². The maximum Gasteiger partial charge on any atom is 0.329 e. The third-order valence-corrected chi connectivity index (χ3v) is 5.76. The summed E-state index contributed by atoms with van der Waals surface area (Å²) in [4.78, 5) is 45.1. The van der Waals surface area contributed by atoms with Crippen molar-refractivity contribution in [3.63, 3.8) is 0 Å². The molecule has 2 aliphatic rings. The Morgan fingerprint density at radius 1 is 1.31 bits per heavy atom. The fraction of sp³-hybridized carbons (Fsp3) is 0.600. The van der Waals surface area contributed by atoms with Crippen LogP contribution in [0.5, 0.6) is 0 Å². The first-order valence-corrected chi connectivity index (χ1v) is 10.2. The molecule has 0 aromatic carbocycles. The highest BCUT2D eigenvalue weighted by atomic mass is 35.5. The van der Waals surface area contributed by atoms with Gasteiger partial charge in [-0.25, -0.2) is 9.78 Å². The van der Waals surface area contributed by atoms with E-state index in [9.17, 15) is 14.4 Å². The molecule has 1 amide bonds. The normalized spacial score (nSPS) is 21.6. The van der Waals surface area contributed by atoms with Crippen molar-refractivity contribution in [1.82, 2.24) is 25.2 Å². The van der Waals surface area contributed by atoms with Crippen LogP contribution in [-0.4, -0.2) is 39.6 Å². The lowest BCUT2D eigenvalue weighted by molar-refractivity contribution is 0.0915. The van der Waals surface area contributed by atoms with Gasteiger partial charge in [-0.3, -0.25) is 19.1 Å². The summed E-state index contributed by atoms with van der Waals surface area (Å²) in [7, 11) is 0. The maximum absolute atomic E-state index is 13.2. The number of aryl methyl sites for hydroxylation is 1. The Kier molecular flexibility index (Phi) is 6.43. The average molecular weight is 422 g/mol. The zero-order valence-electron chi connectivity index (χ0n) is 16.8. The van der Waals surface area contributed by atoms with Gasteiger partial charge in [0.25, 0.3) is 11.5 Å². The number of carbonyl (C=O) groups is 1. The van der Waals surface area contributed by atoms with E-state index < -0.39 is 11.2 Å². The molecule has 29 heavy (non-hydrogen) atoms. The number of halogens is 1.